The van der Waals surface area contributed by atoms with Crippen LogP contribution in [0, 0.1) is 11.8 Å². The van der Waals surface area contributed by atoms with E-state index in [0.717, 1.165) is 18.8 Å². The Kier molecular flexibility index (Phi) is 5.77. The van der Waals surface area contributed by atoms with Crippen LogP contribution < -0.4 is 10.2 Å². The number of carbonyl (C=O) groups is 2. The zero-order valence-electron chi connectivity index (χ0n) is 14.6. The van der Waals surface area contributed by atoms with Crippen LogP contribution in [0.5, 0.6) is 0 Å². The Morgan fingerprint density at radius 1 is 1.13 bits per heavy atom. The molecule has 126 valence electrons. The van der Waals surface area contributed by atoms with Crippen molar-refractivity contribution in [2.75, 3.05) is 39.0 Å². The van der Waals surface area contributed by atoms with Crippen molar-refractivity contribution in [2.45, 2.75) is 20.3 Å². The van der Waals surface area contributed by atoms with Gasteiger partial charge >= 0.3 is 0 Å². The molecule has 2 amide bonds. The van der Waals surface area contributed by atoms with E-state index in [9.17, 15) is 9.59 Å². The van der Waals surface area contributed by atoms with Gasteiger partial charge in [-0.05, 0) is 30.7 Å². The van der Waals surface area contributed by atoms with E-state index in [1.807, 2.05) is 0 Å². The molecular weight excluding hydrogens is 290 g/mol. The Morgan fingerprint density at radius 3 is 2.22 bits per heavy atom. The lowest BCUT2D eigenvalue weighted by atomic mass is 9.92. The first kappa shape index (κ1) is 17.5. The monoisotopic (exact) mass is 318 g/mol. The number of likely N-dealkylation sites (tertiary alicyclic amines) is 1. The van der Waals surface area contributed by atoms with Crippen molar-refractivity contribution < 1.29 is 14.5 Å². The molecule has 0 aromatic heterocycles. The fourth-order valence-corrected chi connectivity index (χ4v) is 3.45. The summed E-state index contributed by atoms with van der Waals surface area (Å²) in [7, 11) is 3.45. The van der Waals surface area contributed by atoms with Crippen LogP contribution in [0.3, 0.4) is 0 Å². The summed E-state index contributed by atoms with van der Waals surface area (Å²) in [6.07, 6.45) is 1.26. The molecule has 2 atom stereocenters. The van der Waals surface area contributed by atoms with Crippen molar-refractivity contribution in [1.82, 2.24) is 4.90 Å². The molecule has 5 nitrogen and oxygen atoms in total. The van der Waals surface area contributed by atoms with E-state index < -0.39 is 0 Å². The van der Waals surface area contributed by atoms with Crippen molar-refractivity contribution in [3.05, 3.63) is 29.8 Å². The van der Waals surface area contributed by atoms with Gasteiger partial charge in [0, 0.05) is 37.2 Å². The van der Waals surface area contributed by atoms with Gasteiger partial charge in [0.05, 0.1) is 13.1 Å². The summed E-state index contributed by atoms with van der Waals surface area (Å²) in [5.74, 6) is 1.35. The highest BCUT2D eigenvalue weighted by atomic mass is 16.2. The number of quaternary nitrogens is 1. The zero-order valence-corrected chi connectivity index (χ0v) is 14.6. The van der Waals surface area contributed by atoms with Crippen LogP contribution >= 0.6 is 0 Å². The smallest absolute Gasteiger partial charge is 0.279 e. The van der Waals surface area contributed by atoms with E-state index in [0.29, 0.717) is 23.9 Å². The molecule has 0 saturated carbocycles. The molecule has 2 rings (SSSR count). The second-order valence-corrected chi connectivity index (χ2v) is 7.11. The van der Waals surface area contributed by atoms with Crippen LogP contribution in [0.1, 0.15) is 30.6 Å². The number of hydrogen-bond acceptors (Lipinski definition) is 2. The van der Waals surface area contributed by atoms with E-state index in [1.165, 1.54) is 16.2 Å². The molecule has 0 bridgehead atoms. The summed E-state index contributed by atoms with van der Waals surface area (Å²) in [5.41, 5.74) is 1.36. The Bertz CT molecular complexity index is 544. The maximum absolute atomic E-state index is 12.2. The van der Waals surface area contributed by atoms with Crippen LogP contribution in [0.25, 0.3) is 0 Å². The largest absolute Gasteiger partial charge is 0.345 e. The van der Waals surface area contributed by atoms with Crippen molar-refractivity contribution in [3.63, 3.8) is 0 Å². The van der Waals surface area contributed by atoms with Crippen molar-refractivity contribution in [2.24, 2.45) is 11.8 Å². The second kappa shape index (κ2) is 7.59. The predicted molar refractivity (Wildman–Crippen MR) is 91.6 cm³/mol. The summed E-state index contributed by atoms with van der Waals surface area (Å²) < 4.78 is 0. The molecule has 0 spiro atoms. The molecule has 0 unspecified atom stereocenters. The molecule has 1 fully saturated rings. The van der Waals surface area contributed by atoms with E-state index in [-0.39, 0.29) is 11.8 Å². The Labute approximate surface area is 138 Å². The molecule has 1 aromatic rings. The van der Waals surface area contributed by atoms with Gasteiger partial charge in [-0.25, -0.2) is 0 Å². The number of benzene rings is 1. The minimum absolute atomic E-state index is 0.0352. The second-order valence-electron chi connectivity index (χ2n) is 7.11. The maximum Gasteiger partial charge on any atom is 0.279 e. The normalized spacial score (nSPS) is 24.1. The van der Waals surface area contributed by atoms with Gasteiger partial charge in [-0.1, -0.05) is 13.8 Å². The fraction of sp³-hybridized carbons (Fsp3) is 0.556. The first-order valence-electron chi connectivity index (χ1n) is 8.30. The molecule has 2 N–H and O–H groups in total. The highest BCUT2D eigenvalue weighted by Crippen LogP contribution is 2.12. The average molecular weight is 318 g/mol. The number of carbonyl (C=O) groups excluding carboxylic acids is 2. The zero-order chi connectivity index (χ0) is 17.0. The molecule has 0 radical (unpaired) electrons. The third-order valence-electron chi connectivity index (χ3n) is 4.31. The van der Waals surface area contributed by atoms with Gasteiger partial charge < -0.3 is 15.1 Å². The first-order chi connectivity index (χ1) is 10.8. The van der Waals surface area contributed by atoms with Crippen molar-refractivity contribution in [1.29, 1.82) is 0 Å². The van der Waals surface area contributed by atoms with Crippen LogP contribution in [0.15, 0.2) is 24.3 Å². The van der Waals surface area contributed by atoms with E-state index >= 15 is 0 Å². The third-order valence-corrected chi connectivity index (χ3v) is 4.31. The van der Waals surface area contributed by atoms with Gasteiger partial charge in [0.2, 0.25) is 0 Å². The molecule has 1 aliphatic heterocycles. The number of hydrogen-bond donors (Lipinski definition) is 2. The average Bonchev–Trinajstić information content (AvgIpc) is 2.45. The van der Waals surface area contributed by atoms with E-state index in [2.05, 4.69) is 19.2 Å². The molecule has 23 heavy (non-hydrogen) atoms. The van der Waals surface area contributed by atoms with Gasteiger partial charge in [0.15, 0.2) is 6.54 Å². The lowest BCUT2D eigenvalue weighted by Gasteiger charge is -2.31. The highest BCUT2D eigenvalue weighted by molar-refractivity contribution is 5.95. The molecule has 0 aliphatic carbocycles. The van der Waals surface area contributed by atoms with Gasteiger partial charge in [-0.15, -0.1) is 0 Å². The fourth-order valence-electron chi connectivity index (χ4n) is 3.45. The van der Waals surface area contributed by atoms with Crippen LogP contribution in [-0.4, -0.2) is 50.4 Å². The number of amides is 2. The molecule has 1 saturated heterocycles. The third kappa shape index (κ3) is 5.06. The number of nitrogens with zero attached hydrogens (tertiary/aromatic N) is 1. The summed E-state index contributed by atoms with van der Waals surface area (Å²) in [6.45, 7) is 7.15. The van der Waals surface area contributed by atoms with Gasteiger partial charge in [0.1, 0.15) is 0 Å². The van der Waals surface area contributed by atoms with Crippen LogP contribution in [-0.2, 0) is 4.79 Å². The number of anilines is 1. The molecule has 1 heterocycles. The first-order valence-corrected chi connectivity index (χ1v) is 8.30. The lowest BCUT2D eigenvalue weighted by Crippen LogP contribution is -3.15. The number of nitrogens with one attached hydrogen (secondary N) is 2. The summed E-state index contributed by atoms with van der Waals surface area (Å²) in [5, 5.41) is 2.93. The molecule has 1 aliphatic rings. The number of piperidine rings is 1. The molecule has 5 heteroatoms. The lowest BCUT2D eigenvalue weighted by molar-refractivity contribution is -0.904. The van der Waals surface area contributed by atoms with Gasteiger partial charge in [0.25, 0.3) is 11.8 Å². The Hall–Kier alpha value is -1.88. The van der Waals surface area contributed by atoms with Crippen LogP contribution in [0.2, 0.25) is 0 Å². The minimum Gasteiger partial charge on any atom is -0.345 e. The molecule has 1 aromatic carbocycles. The Morgan fingerprint density at radius 2 is 1.70 bits per heavy atom. The SMILES string of the molecule is C[C@H]1C[C@H](C)C[NH+](CC(=O)Nc2ccc(C(=O)N(C)C)cc2)C1. The number of rotatable bonds is 4. The van der Waals surface area contributed by atoms with Gasteiger partial charge in [-0.2, -0.15) is 0 Å². The predicted octanol–water partition coefficient (Wildman–Crippen LogP) is 0.888. The highest BCUT2D eigenvalue weighted by Gasteiger charge is 2.26. The summed E-state index contributed by atoms with van der Waals surface area (Å²) in [6, 6.07) is 7.06. The Balaban J connectivity index is 1.89. The molecular formula is C18H28N3O2+. The van der Waals surface area contributed by atoms with Crippen molar-refractivity contribution >= 4 is 17.5 Å². The minimum atomic E-state index is -0.0383. The van der Waals surface area contributed by atoms with Crippen molar-refractivity contribution in [3.8, 4) is 0 Å². The van der Waals surface area contributed by atoms with E-state index in [1.54, 1.807) is 38.4 Å². The van der Waals surface area contributed by atoms with E-state index in [4.69, 9.17) is 0 Å². The summed E-state index contributed by atoms with van der Waals surface area (Å²) in [4.78, 5) is 26.9. The standard InChI is InChI=1S/C18H27N3O2/c1-13-9-14(2)11-21(10-13)12-17(22)19-16-7-5-15(6-8-16)18(23)20(3)4/h5-8,13-14H,9-12H2,1-4H3,(H,19,22)/p+1/t13-,14-/m0/s1. The maximum atomic E-state index is 12.2. The quantitative estimate of drug-likeness (QED) is 0.866. The topological polar surface area (TPSA) is 53.9 Å². The van der Waals surface area contributed by atoms with Gasteiger partial charge in [-0.3, -0.25) is 9.59 Å². The van der Waals surface area contributed by atoms with Crippen LogP contribution in [0.4, 0.5) is 5.69 Å². The summed E-state index contributed by atoms with van der Waals surface area (Å²) >= 11 is 0.